The molecule has 1 aromatic heterocycles. The lowest BCUT2D eigenvalue weighted by atomic mass is 10.1. The number of aryl methyl sites for hydroxylation is 1. The van der Waals surface area contributed by atoms with Crippen LogP contribution in [0.15, 0.2) is 47.3 Å². The lowest BCUT2D eigenvalue weighted by molar-refractivity contribution is 0.0574. The molecule has 2 atom stereocenters. The number of nitrogens with zero attached hydrogens (tertiary/aromatic N) is 2. The van der Waals surface area contributed by atoms with Crippen LogP contribution in [0.1, 0.15) is 36.7 Å². The molecule has 5 nitrogen and oxygen atoms in total. The van der Waals surface area contributed by atoms with Gasteiger partial charge in [-0.25, -0.2) is 4.98 Å². The van der Waals surface area contributed by atoms with Gasteiger partial charge in [0, 0.05) is 30.7 Å². The summed E-state index contributed by atoms with van der Waals surface area (Å²) in [5, 5.41) is 4.48. The summed E-state index contributed by atoms with van der Waals surface area (Å²) in [4.78, 5) is 18.2. The number of aromatic nitrogens is 2. The lowest BCUT2D eigenvalue weighted by Gasteiger charge is -2.24. The Morgan fingerprint density at radius 3 is 2.68 bits per heavy atom. The third-order valence-electron chi connectivity index (χ3n) is 5.74. The molecule has 0 fully saturated rings. The highest BCUT2D eigenvalue weighted by Crippen LogP contribution is 2.36. The molecule has 0 saturated carbocycles. The summed E-state index contributed by atoms with van der Waals surface area (Å²) in [5.74, 6) is 0.516. The van der Waals surface area contributed by atoms with Crippen LogP contribution in [-0.4, -0.2) is 22.3 Å². The van der Waals surface area contributed by atoms with Gasteiger partial charge in [-0.3, -0.25) is 9.36 Å². The van der Waals surface area contributed by atoms with E-state index in [-0.39, 0.29) is 17.7 Å². The number of benzene rings is 2. The molecule has 0 spiro atoms. The molecule has 162 valence electrons. The largest absolute Gasteiger partial charge is 0.376 e. The fraction of sp³-hybridized carbons (Fsp3) is 0.333. The van der Waals surface area contributed by atoms with Crippen LogP contribution in [0.2, 0.25) is 10.0 Å². The summed E-state index contributed by atoms with van der Waals surface area (Å²) in [7, 11) is 1.71. The van der Waals surface area contributed by atoms with Crippen molar-refractivity contribution in [2.24, 2.45) is 7.05 Å². The Hall–Kier alpha value is -2.34. The van der Waals surface area contributed by atoms with E-state index >= 15 is 0 Å². The highest BCUT2D eigenvalue weighted by Gasteiger charge is 2.34. The third-order valence-corrected chi connectivity index (χ3v) is 6.28. The number of hydrogen-bond acceptors (Lipinski definition) is 4. The molecule has 3 aromatic rings. The smallest absolute Gasteiger partial charge is 0.277 e. The van der Waals surface area contributed by atoms with Gasteiger partial charge < -0.3 is 10.1 Å². The molecule has 2 aromatic carbocycles. The molecular formula is C24H25Cl2N3O2. The minimum absolute atomic E-state index is 0.0396. The van der Waals surface area contributed by atoms with Crippen LogP contribution >= 0.6 is 23.2 Å². The maximum atomic E-state index is 13.4. The minimum Gasteiger partial charge on any atom is -0.376 e. The zero-order valence-electron chi connectivity index (χ0n) is 17.8. The zero-order chi connectivity index (χ0) is 22.1. The van der Waals surface area contributed by atoms with Gasteiger partial charge >= 0.3 is 0 Å². The van der Waals surface area contributed by atoms with E-state index in [0.29, 0.717) is 45.8 Å². The molecule has 0 bridgehead atoms. The number of ether oxygens (including phenoxy) is 1. The molecule has 7 heteroatoms. The van der Waals surface area contributed by atoms with Crippen LogP contribution in [0.25, 0.3) is 11.4 Å². The lowest BCUT2D eigenvalue weighted by Crippen LogP contribution is -2.31. The van der Waals surface area contributed by atoms with Crippen molar-refractivity contribution in [2.45, 2.75) is 38.8 Å². The average molecular weight is 458 g/mol. The van der Waals surface area contributed by atoms with Gasteiger partial charge in [0.05, 0.1) is 22.9 Å². The van der Waals surface area contributed by atoms with Crippen molar-refractivity contribution in [3.05, 3.63) is 79.7 Å². The van der Waals surface area contributed by atoms with Gasteiger partial charge in [0.15, 0.2) is 0 Å². The highest BCUT2D eigenvalue weighted by atomic mass is 35.5. The molecule has 1 aliphatic rings. The van der Waals surface area contributed by atoms with Crippen molar-refractivity contribution in [3.63, 3.8) is 0 Å². The summed E-state index contributed by atoms with van der Waals surface area (Å²) in [5.41, 5.74) is 4.13. The van der Waals surface area contributed by atoms with Crippen molar-refractivity contribution in [1.82, 2.24) is 9.55 Å². The van der Waals surface area contributed by atoms with Crippen molar-refractivity contribution in [2.75, 3.05) is 11.9 Å². The number of rotatable bonds is 6. The first-order valence-electron chi connectivity index (χ1n) is 10.5. The van der Waals surface area contributed by atoms with E-state index in [9.17, 15) is 4.79 Å². The number of nitrogens with one attached hydrogen (secondary N) is 1. The van der Waals surface area contributed by atoms with E-state index in [1.165, 1.54) is 10.1 Å². The molecule has 1 heterocycles. The first-order chi connectivity index (χ1) is 14.9. The molecule has 0 aliphatic heterocycles. The Morgan fingerprint density at radius 1 is 1.19 bits per heavy atom. The number of anilines is 1. The van der Waals surface area contributed by atoms with E-state index in [1.807, 2.05) is 26.0 Å². The van der Waals surface area contributed by atoms with Gasteiger partial charge in [-0.2, -0.15) is 0 Å². The Kier molecular flexibility index (Phi) is 6.37. The Balaban J connectivity index is 1.79. The summed E-state index contributed by atoms with van der Waals surface area (Å²) in [6.45, 7) is 4.59. The molecule has 4 rings (SSSR count). The van der Waals surface area contributed by atoms with Gasteiger partial charge in [0.25, 0.3) is 5.56 Å². The van der Waals surface area contributed by atoms with Gasteiger partial charge in [0.1, 0.15) is 11.5 Å². The maximum absolute atomic E-state index is 13.4. The normalized spacial score (nSPS) is 17.6. The average Bonchev–Trinajstić information content (AvgIpc) is 3.09. The second kappa shape index (κ2) is 9.03. The summed E-state index contributed by atoms with van der Waals surface area (Å²) in [6, 6.07) is 13.3. The third kappa shape index (κ3) is 4.10. The Morgan fingerprint density at radius 2 is 1.97 bits per heavy atom. The molecule has 1 aliphatic carbocycles. The Labute approximate surface area is 192 Å². The molecule has 0 radical (unpaired) electrons. The van der Waals surface area contributed by atoms with Crippen LogP contribution < -0.4 is 10.9 Å². The van der Waals surface area contributed by atoms with Crippen LogP contribution in [0.3, 0.4) is 0 Å². The van der Waals surface area contributed by atoms with E-state index in [1.54, 1.807) is 25.2 Å². The predicted octanol–water partition coefficient (Wildman–Crippen LogP) is 5.43. The van der Waals surface area contributed by atoms with Crippen LogP contribution in [0.5, 0.6) is 0 Å². The number of halogens is 2. The monoisotopic (exact) mass is 457 g/mol. The number of hydrogen-bond donors (Lipinski definition) is 1. The fourth-order valence-corrected chi connectivity index (χ4v) is 4.71. The van der Waals surface area contributed by atoms with E-state index in [4.69, 9.17) is 32.9 Å². The van der Waals surface area contributed by atoms with Crippen molar-refractivity contribution >= 4 is 28.9 Å². The van der Waals surface area contributed by atoms with Crippen molar-refractivity contribution < 1.29 is 4.74 Å². The quantitative estimate of drug-likeness (QED) is 0.535. The van der Waals surface area contributed by atoms with E-state index in [2.05, 4.69) is 17.4 Å². The van der Waals surface area contributed by atoms with Crippen LogP contribution in [0.4, 0.5) is 5.69 Å². The fourth-order valence-electron chi connectivity index (χ4n) is 4.21. The first-order valence-corrected chi connectivity index (χ1v) is 11.2. The van der Waals surface area contributed by atoms with Gasteiger partial charge in [-0.05, 0) is 42.7 Å². The highest BCUT2D eigenvalue weighted by molar-refractivity contribution is 6.36. The molecule has 1 unspecified atom stereocenters. The van der Waals surface area contributed by atoms with Crippen LogP contribution in [0, 0.1) is 0 Å². The van der Waals surface area contributed by atoms with Crippen molar-refractivity contribution in [1.29, 1.82) is 0 Å². The summed E-state index contributed by atoms with van der Waals surface area (Å²) >= 11 is 12.4. The second-order valence-corrected chi connectivity index (χ2v) is 8.46. The predicted molar refractivity (Wildman–Crippen MR) is 126 cm³/mol. The van der Waals surface area contributed by atoms with Crippen molar-refractivity contribution in [3.8, 4) is 11.4 Å². The van der Waals surface area contributed by atoms with Gasteiger partial charge in [0.2, 0.25) is 0 Å². The second-order valence-electron chi connectivity index (χ2n) is 7.62. The molecule has 0 saturated heterocycles. The molecule has 31 heavy (non-hydrogen) atoms. The topological polar surface area (TPSA) is 56.1 Å². The standard InChI is InChI=1S/C24H25Cl2N3O2/c1-4-19-22(28-21-16-9-7-6-8-14(16)12-20(21)31-5-2)24(30)29(3)23(27-19)17-11-10-15(25)13-18(17)26/h6-11,13,20-21,28H,4-5,12H2,1-3H3/t20-,21?/m0/s1. The summed E-state index contributed by atoms with van der Waals surface area (Å²) in [6.07, 6.45) is 1.38. The summed E-state index contributed by atoms with van der Waals surface area (Å²) < 4.78 is 7.55. The SMILES string of the molecule is CCO[C@H]1Cc2ccccc2C1Nc1c(CC)nc(-c2ccc(Cl)cc2Cl)n(C)c1=O. The Bertz CT molecular complexity index is 1180. The van der Waals surface area contributed by atoms with E-state index < -0.39 is 0 Å². The van der Waals surface area contributed by atoms with Gasteiger partial charge in [-0.1, -0.05) is 54.4 Å². The maximum Gasteiger partial charge on any atom is 0.277 e. The molecular weight excluding hydrogens is 433 g/mol. The molecule has 1 N–H and O–H groups in total. The van der Waals surface area contributed by atoms with E-state index in [0.717, 1.165) is 12.0 Å². The van der Waals surface area contributed by atoms with Gasteiger partial charge in [-0.15, -0.1) is 0 Å². The zero-order valence-corrected chi connectivity index (χ0v) is 19.3. The van der Waals surface area contributed by atoms with Crippen LogP contribution in [-0.2, 0) is 24.6 Å². The molecule has 0 amide bonds. The number of fused-ring (bicyclic) bond motifs is 1. The minimum atomic E-state index is -0.146. The first kappa shape index (κ1) is 21.9.